The summed E-state index contributed by atoms with van der Waals surface area (Å²) >= 11 is 0. The molecule has 52 heavy (non-hydrogen) atoms. The molecule has 0 radical (unpaired) electrons. The highest BCUT2D eigenvalue weighted by atomic mass is 16.5. The Morgan fingerprint density at radius 3 is 0.942 bits per heavy atom. The Morgan fingerprint density at radius 2 is 0.673 bits per heavy atom. The first-order valence-electron chi connectivity index (χ1n) is 18.9. The molecule has 0 unspecified atom stereocenters. The molecular formula is C50H68O2. The van der Waals surface area contributed by atoms with Crippen LogP contribution in [0.3, 0.4) is 0 Å². The Bertz CT molecular complexity index is 1760. The molecule has 2 nitrogen and oxygen atoms in total. The summed E-state index contributed by atoms with van der Waals surface area (Å²) in [6.07, 6.45) is 0. The van der Waals surface area contributed by atoms with Crippen LogP contribution in [0.2, 0.25) is 0 Å². The quantitative estimate of drug-likeness (QED) is 0.191. The lowest BCUT2D eigenvalue weighted by Crippen LogP contribution is -2.20. The zero-order valence-electron chi connectivity index (χ0n) is 35.4. The number of aliphatic hydroxyl groups excluding tert-OH is 1. The molecule has 0 saturated heterocycles. The van der Waals surface area contributed by atoms with Crippen LogP contribution in [-0.4, -0.2) is 18.3 Å². The first kappa shape index (κ1) is 44.0. The molecule has 0 fully saturated rings. The number of benzene rings is 5. The number of rotatable bonds is 6. The van der Waals surface area contributed by atoms with E-state index in [2.05, 4.69) is 152 Å². The summed E-state index contributed by atoms with van der Waals surface area (Å²) in [7, 11) is 0. The largest absolute Gasteiger partial charge is 0.493 e. The van der Waals surface area contributed by atoms with Gasteiger partial charge in [-0.1, -0.05) is 130 Å². The average Bonchev–Trinajstić information content (AvgIpc) is 3.08. The minimum Gasteiger partial charge on any atom is -0.493 e. The molecule has 5 aromatic rings. The molecule has 0 spiro atoms. The Morgan fingerprint density at radius 1 is 0.423 bits per heavy atom. The van der Waals surface area contributed by atoms with Crippen LogP contribution in [0.1, 0.15) is 119 Å². The van der Waals surface area contributed by atoms with Crippen molar-refractivity contribution in [3.63, 3.8) is 0 Å². The van der Waals surface area contributed by atoms with Gasteiger partial charge in [0.2, 0.25) is 0 Å². The molecular weight excluding hydrogens is 633 g/mol. The van der Waals surface area contributed by atoms with Gasteiger partial charge >= 0.3 is 0 Å². The lowest BCUT2D eigenvalue weighted by Gasteiger charge is -2.29. The van der Waals surface area contributed by atoms with Gasteiger partial charge in [-0.2, -0.15) is 0 Å². The van der Waals surface area contributed by atoms with Gasteiger partial charge in [-0.05, 0) is 150 Å². The zero-order valence-corrected chi connectivity index (χ0v) is 35.4. The van der Waals surface area contributed by atoms with E-state index >= 15 is 0 Å². The monoisotopic (exact) mass is 701 g/mol. The van der Waals surface area contributed by atoms with Crippen molar-refractivity contribution in [2.24, 2.45) is 0 Å². The van der Waals surface area contributed by atoms with Gasteiger partial charge in [0.15, 0.2) is 0 Å². The van der Waals surface area contributed by atoms with Gasteiger partial charge in [0.1, 0.15) is 5.75 Å². The predicted octanol–water partition coefficient (Wildman–Crippen LogP) is 13.2. The lowest BCUT2D eigenvalue weighted by molar-refractivity contribution is 0.318. The highest BCUT2D eigenvalue weighted by molar-refractivity contribution is 5.51. The molecule has 0 aliphatic rings. The molecule has 0 bridgehead atoms. The van der Waals surface area contributed by atoms with E-state index < -0.39 is 0 Å². The fourth-order valence-corrected chi connectivity index (χ4v) is 6.53. The third-order valence-corrected chi connectivity index (χ3v) is 10.4. The van der Waals surface area contributed by atoms with Gasteiger partial charge in [-0.25, -0.2) is 0 Å². The SMILES string of the molecule is CCO.CCOc1c(C)cc(C(C)(C)c2cc(C)c(C)c(C)c2)cc1C.Cc1cc(C)cc(C(C)(C)c2cc(C)c(C)c(C)c2)c1.c1ccccc1. The summed E-state index contributed by atoms with van der Waals surface area (Å²) in [6.45, 7) is 35.8. The van der Waals surface area contributed by atoms with E-state index in [0.29, 0.717) is 6.61 Å². The van der Waals surface area contributed by atoms with Crippen molar-refractivity contribution in [2.75, 3.05) is 13.2 Å². The highest BCUT2D eigenvalue weighted by Gasteiger charge is 2.26. The van der Waals surface area contributed by atoms with Crippen molar-refractivity contribution in [1.29, 1.82) is 0 Å². The molecule has 0 aliphatic carbocycles. The van der Waals surface area contributed by atoms with Crippen molar-refractivity contribution in [1.82, 2.24) is 0 Å². The van der Waals surface area contributed by atoms with Crippen molar-refractivity contribution >= 4 is 0 Å². The number of aliphatic hydroxyl groups is 1. The third-order valence-electron chi connectivity index (χ3n) is 10.4. The first-order chi connectivity index (χ1) is 24.3. The van der Waals surface area contributed by atoms with Crippen LogP contribution in [-0.2, 0) is 10.8 Å². The molecule has 0 aromatic heterocycles. The summed E-state index contributed by atoms with van der Waals surface area (Å²) in [6, 6.07) is 32.8. The molecule has 0 aliphatic heterocycles. The van der Waals surface area contributed by atoms with Crippen LogP contribution >= 0.6 is 0 Å². The van der Waals surface area contributed by atoms with Gasteiger partial charge in [0, 0.05) is 17.4 Å². The van der Waals surface area contributed by atoms with E-state index in [9.17, 15) is 0 Å². The molecule has 2 heteroatoms. The van der Waals surface area contributed by atoms with E-state index in [4.69, 9.17) is 9.84 Å². The number of ether oxygens (including phenoxy) is 1. The summed E-state index contributed by atoms with van der Waals surface area (Å²) in [5.74, 6) is 1.03. The molecule has 280 valence electrons. The molecule has 5 aromatic carbocycles. The molecule has 0 atom stereocenters. The maximum Gasteiger partial charge on any atom is 0.125 e. The maximum atomic E-state index is 7.57. The van der Waals surface area contributed by atoms with Crippen molar-refractivity contribution in [2.45, 2.75) is 122 Å². The van der Waals surface area contributed by atoms with Crippen LogP contribution in [0.5, 0.6) is 5.75 Å². The average molecular weight is 701 g/mol. The van der Waals surface area contributed by atoms with Gasteiger partial charge in [-0.3, -0.25) is 0 Å². The Hall–Kier alpha value is -4.14. The second-order valence-electron chi connectivity index (χ2n) is 15.4. The van der Waals surface area contributed by atoms with E-state index in [-0.39, 0.29) is 17.4 Å². The zero-order chi connectivity index (χ0) is 39.4. The van der Waals surface area contributed by atoms with Gasteiger partial charge < -0.3 is 9.84 Å². The van der Waals surface area contributed by atoms with Crippen molar-refractivity contribution < 1.29 is 9.84 Å². The second kappa shape index (κ2) is 19.6. The Labute approximate surface area is 318 Å². The molecule has 0 heterocycles. The molecule has 1 N–H and O–H groups in total. The van der Waals surface area contributed by atoms with Crippen LogP contribution in [0.25, 0.3) is 0 Å². The smallest absolute Gasteiger partial charge is 0.125 e. The van der Waals surface area contributed by atoms with Gasteiger partial charge in [0.05, 0.1) is 6.61 Å². The minimum absolute atomic E-state index is 0.0243. The minimum atomic E-state index is -0.0243. The fraction of sp³-hybridized carbons (Fsp3) is 0.400. The second-order valence-corrected chi connectivity index (χ2v) is 15.4. The van der Waals surface area contributed by atoms with Gasteiger partial charge in [0.25, 0.3) is 0 Å². The third kappa shape index (κ3) is 11.7. The summed E-state index contributed by atoms with van der Waals surface area (Å²) in [5, 5.41) is 7.57. The maximum absolute atomic E-state index is 7.57. The number of hydrogen-bond donors (Lipinski definition) is 1. The summed E-state index contributed by atoms with van der Waals surface area (Å²) in [5.41, 5.74) is 19.0. The van der Waals surface area contributed by atoms with Crippen LogP contribution in [0.15, 0.2) is 91.0 Å². The molecule has 5 rings (SSSR count). The van der Waals surface area contributed by atoms with E-state index in [1.54, 1.807) is 6.92 Å². The normalized spacial score (nSPS) is 10.9. The topological polar surface area (TPSA) is 29.5 Å². The van der Waals surface area contributed by atoms with E-state index in [0.717, 1.165) is 5.75 Å². The Kier molecular flexibility index (Phi) is 16.6. The molecule has 0 saturated carbocycles. The first-order valence-corrected chi connectivity index (χ1v) is 18.9. The van der Waals surface area contributed by atoms with E-state index in [1.807, 2.05) is 43.3 Å². The number of aryl methyl sites for hydroxylation is 8. The fourth-order valence-electron chi connectivity index (χ4n) is 6.53. The predicted molar refractivity (Wildman–Crippen MR) is 228 cm³/mol. The van der Waals surface area contributed by atoms with Crippen LogP contribution in [0.4, 0.5) is 0 Å². The van der Waals surface area contributed by atoms with Crippen molar-refractivity contribution in [3.8, 4) is 5.75 Å². The summed E-state index contributed by atoms with van der Waals surface area (Å²) < 4.78 is 5.79. The lowest BCUT2D eigenvalue weighted by atomic mass is 9.75. The standard InChI is InChI=1S/C22H30O.C20H26.C6H6.C2H6O/c1-9-23-21-16(4)12-20(13-17(21)5)22(7,8)19-10-14(2)18(6)15(3)11-19;1-13-8-14(2)10-18(9-13)20(6,7)19-11-15(3)17(5)16(4)12-19;1-2-4-6-5-3-1;1-2-3/h10-13H,9H2,1-8H3;8-12H,1-7H3;1-6H;3H,2H2,1H3. The summed E-state index contributed by atoms with van der Waals surface area (Å²) in [4.78, 5) is 0. The van der Waals surface area contributed by atoms with Crippen LogP contribution < -0.4 is 4.74 Å². The van der Waals surface area contributed by atoms with Gasteiger partial charge in [-0.15, -0.1) is 0 Å². The van der Waals surface area contributed by atoms with Crippen molar-refractivity contribution in [3.05, 3.63) is 169 Å². The Balaban J connectivity index is 0.000000292. The highest BCUT2D eigenvalue weighted by Crippen LogP contribution is 2.37. The molecule has 0 amide bonds. The van der Waals surface area contributed by atoms with E-state index in [1.165, 1.54) is 77.9 Å². The van der Waals surface area contributed by atoms with Crippen LogP contribution in [0, 0.1) is 69.2 Å². The number of hydrogen-bond acceptors (Lipinski definition) is 2.